The lowest BCUT2D eigenvalue weighted by Crippen LogP contribution is -2.49. The van der Waals surface area contributed by atoms with Gasteiger partial charge in [0, 0.05) is 18.3 Å². The molecule has 1 aliphatic rings. The molecule has 0 N–H and O–H groups in total. The molecule has 1 unspecified atom stereocenters. The summed E-state index contributed by atoms with van der Waals surface area (Å²) in [6.45, 7) is 5.84. The Labute approximate surface area is 84.0 Å². The Morgan fingerprint density at radius 2 is 2.46 bits per heavy atom. The van der Waals surface area contributed by atoms with Crippen molar-refractivity contribution in [3.8, 4) is 0 Å². The Hall–Kier alpha value is -0.280. The SMILES string of the molecule is CC(CCl)C(=O)N1CCOC[C@@H]1C. The van der Waals surface area contributed by atoms with Crippen LogP contribution in [0.4, 0.5) is 0 Å². The number of carbonyl (C=O) groups excluding carboxylic acids is 1. The normalized spacial score (nSPS) is 25.8. The Bertz CT molecular complexity index is 186. The molecular formula is C9H16ClNO2. The minimum absolute atomic E-state index is 0.0813. The second kappa shape index (κ2) is 4.82. The summed E-state index contributed by atoms with van der Waals surface area (Å²) < 4.78 is 5.25. The summed E-state index contributed by atoms with van der Waals surface area (Å²) >= 11 is 5.64. The standard InChI is InChI=1S/C9H16ClNO2/c1-7(5-10)9(12)11-3-4-13-6-8(11)2/h7-8H,3-6H2,1-2H3/t7?,8-/m0/s1. The van der Waals surface area contributed by atoms with Gasteiger partial charge in [0.2, 0.25) is 5.91 Å². The van der Waals surface area contributed by atoms with Crippen LogP contribution in [0.1, 0.15) is 13.8 Å². The molecule has 1 heterocycles. The molecule has 4 heteroatoms. The average molecular weight is 206 g/mol. The van der Waals surface area contributed by atoms with E-state index in [1.165, 1.54) is 0 Å². The first-order valence-corrected chi connectivity index (χ1v) is 5.14. The summed E-state index contributed by atoms with van der Waals surface area (Å²) in [5.41, 5.74) is 0. The molecule has 13 heavy (non-hydrogen) atoms. The molecular weight excluding hydrogens is 190 g/mol. The van der Waals surface area contributed by atoms with E-state index in [1.54, 1.807) is 0 Å². The van der Waals surface area contributed by atoms with Crippen molar-refractivity contribution in [2.45, 2.75) is 19.9 Å². The smallest absolute Gasteiger partial charge is 0.227 e. The van der Waals surface area contributed by atoms with Gasteiger partial charge in [-0.05, 0) is 6.92 Å². The van der Waals surface area contributed by atoms with E-state index >= 15 is 0 Å². The maximum absolute atomic E-state index is 11.7. The van der Waals surface area contributed by atoms with Crippen LogP contribution in [0.2, 0.25) is 0 Å². The third-order valence-corrected chi connectivity index (χ3v) is 2.77. The van der Waals surface area contributed by atoms with E-state index in [-0.39, 0.29) is 17.9 Å². The van der Waals surface area contributed by atoms with Crippen LogP contribution >= 0.6 is 11.6 Å². The minimum atomic E-state index is -0.0813. The van der Waals surface area contributed by atoms with E-state index in [0.717, 1.165) is 0 Å². The Balaban J connectivity index is 2.53. The molecule has 0 aromatic rings. The van der Waals surface area contributed by atoms with Gasteiger partial charge in [-0.3, -0.25) is 4.79 Å². The lowest BCUT2D eigenvalue weighted by atomic mass is 10.1. The third kappa shape index (κ3) is 2.58. The molecule has 76 valence electrons. The average Bonchev–Trinajstić information content (AvgIpc) is 2.16. The first-order chi connectivity index (χ1) is 6.16. The van der Waals surface area contributed by atoms with Crippen molar-refractivity contribution in [1.29, 1.82) is 0 Å². The Kier molecular flexibility index (Phi) is 4.00. The molecule has 1 rings (SSSR count). The number of nitrogens with zero attached hydrogens (tertiary/aromatic N) is 1. The highest BCUT2D eigenvalue weighted by atomic mass is 35.5. The van der Waals surface area contributed by atoms with Crippen LogP contribution < -0.4 is 0 Å². The van der Waals surface area contributed by atoms with Crippen LogP contribution in [-0.4, -0.2) is 42.5 Å². The summed E-state index contributed by atoms with van der Waals surface area (Å²) in [5, 5.41) is 0. The molecule has 1 aliphatic heterocycles. The van der Waals surface area contributed by atoms with E-state index in [0.29, 0.717) is 25.6 Å². The minimum Gasteiger partial charge on any atom is -0.377 e. The number of hydrogen-bond acceptors (Lipinski definition) is 2. The van der Waals surface area contributed by atoms with Crippen molar-refractivity contribution >= 4 is 17.5 Å². The number of hydrogen-bond donors (Lipinski definition) is 0. The van der Waals surface area contributed by atoms with E-state index in [1.807, 2.05) is 18.7 Å². The van der Waals surface area contributed by atoms with Crippen LogP contribution in [0.3, 0.4) is 0 Å². The number of rotatable bonds is 2. The monoisotopic (exact) mass is 205 g/mol. The molecule has 1 saturated heterocycles. The maximum Gasteiger partial charge on any atom is 0.227 e. The van der Waals surface area contributed by atoms with Gasteiger partial charge in [-0.25, -0.2) is 0 Å². The zero-order valence-electron chi connectivity index (χ0n) is 8.12. The fraction of sp³-hybridized carbons (Fsp3) is 0.889. The van der Waals surface area contributed by atoms with E-state index in [4.69, 9.17) is 16.3 Å². The number of amides is 1. The number of ether oxygens (including phenoxy) is 1. The first kappa shape index (κ1) is 10.8. The van der Waals surface area contributed by atoms with Crippen molar-refractivity contribution in [2.24, 2.45) is 5.92 Å². The molecule has 3 nitrogen and oxygen atoms in total. The van der Waals surface area contributed by atoms with Crippen molar-refractivity contribution in [3.63, 3.8) is 0 Å². The van der Waals surface area contributed by atoms with E-state index < -0.39 is 0 Å². The van der Waals surface area contributed by atoms with Crippen molar-refractivity contribution in [3.05, 3.63) is 0 Å². The highest BCUT2D eigenvalue weighted by molar-refractivity contribution is 6.19. The molecule has 0 spiro atoms. The lowest BCUT2D eigenvalue weighted by molar-refractivity contribution is -0.142. The summed E-state index contributed by atoms with van der Waals surface area (Å²) in [4.78, 5) is 13.6. The second-order valence-electron chi connectivity index (χ2n) is 3.51. The quantitative estimate of drug-likeness (QED) is 0.633. The molecule has 0 saturated carbocycles. The lowest BCUT2D eigenvalue weighted by Gasteiger charge is -2.34. The van der Waals surface area contributed by atoms with Crippen molar-refractivity contribution in [2.75, 3.05) is 25.6 Å². The highest BCUT2D eigenvalue weighted by Crippen LogP contribution is 2.11. The predicted molar refractivity (Wildman–Crippen MR) is 51.9 cm³/mol. The van der Waals surface area contributed by atoms with Crippen LogP contribution in [-0.2, 0) is 9.53 Å². The van der Waals surface area contributed by atoms with Gasteiger partial charge in [0.15, 0.2) is 0 Å². The van der Waals surface area contributed by atoms with Gasteiger partial charge in [0.1, 0.15) is 0 Å². The molecule has 0 radical (unpaired) electrons. The van der Waals surface area contributed by atoms with Gasteiger partial charge < -0.3 is 9.64 Å². The molecule has 2 atom stereocenters. The van der Waals surface area contributed by atoms with E-state index in [9.17, 15) is 4.79 Å². The molecule has 1 fully saturated rings. The van der Waals surface area contributed by atoms with E-state index in [2.05, 4.69) is 0 Å². The predicted octanol–water partition coefficient (Wildman–Crippen LogP) is 1.11. The first-order valence-electron chi connectivity index (χ1n) is 4.61. The second-order valence-corrected chi connectivity index (χ2v) is 3.82. The number of halogens is 1. The van der Waals surface area contributed by atoms with Gasteiger partial charge in [0.25, 0.3) is 0 Å². The van der Waals surface area contributed by atoms with Crippen LogP contribution in [0.15, 0.2) is 0 Å². The van der Waals surface area contributed by atoms with Gasteiger partial charge in [0.05, 0.1) is 19.3 Å². The fourth-order valence-electron chi connectivity index (χ4n) is 1.40. The summed E-state index contributed by atoms with van der Waals surface area (Å²) in [5.74, 6) is 0.455. The highest BCUT2D eigenvalue weighted by Gasteiger charge is 2.26. The van der Waals surface area contributed by atoms with Gasteiger partial charge in [-0.1, -0.05) is 6.92 Å². The van der Waals surface area contributed by atoms with Crippen molar-refractivity contribution < 1.29 is 9.53 Å². The van der Waals surface area contributed by atoms with Gasteiger partial charge >= 0.3 is 0 Å². The molecule has 0 aromatic carbocycles. The third-order valence-electron chi connectivity index (χ3n) is 2.30. The molecule has 0 bridgehead atoms. The number of morpholine rings is 1. The fourth-order valence-corrected chi connectivity index (χ4v) is 1.54. The topological polar surface area (TPSA) is 29.5 Å². The van der Waals surface area contributed by atoms with Gasteiger partial charge in [-0.2, -0.15) is 0 Å². The van der Waals surface area contributed by atoms with Crippen LogP contribution in [0.25, 0.3) is 0 Å². The molecule has 0 aliphatic carbocycles. The molecule has 1 amide bonds. The van der Waals surface area contributed by atoms with Crippen molar-refractivity contribution in [1.82, 2.24) is 4.90 Å². The summed E-state index contributed by atoms with van der Waals surface area (Å²) in [6, 6.07) is 0.187. The zero-order chi connectivity index (χ0) is 9.84. The van der Waals surface area contributed by atoms with Crippen LogP contribution in [0.5, 0.6) is 0 Å². The van der Waals surface area contributed by atoms with Crippen LogP contribution in [0, 0.1) is 5.92 Å². The Morgan fingerprint density at radius 3 is 3.00 bits per heavy atom. The number of carbonyl (C=O) groups is 1. The summed E-state index contributed by atoms with van der Waals surface area (Å²) in [6.07, 6.45) is 0. The zero-order valence-corrected chi connectivity index (χ0v) is 8.88. The molecule has 0 aromatic heterocycles. The number of alkyl halides is 1. The van der Waals surface area contributed by atoms with Gasteiger partial charge in [-0.15, -0.1) is 11.6 Å². The maximum atomic E-state index is 11.7. The largest absolute Gasteiger partial charge is 0.377 e. The summed E-state index contributed by atoms with van der Waals surface area (Å²) in [7, 11) is 0. The Morgan fingerprint density at radius 1 is 1.77 bits per heavy atom.